The van der Waals surface area contributed by atoms with Crippen molar-refractivity contribution < 1.29 is 13.2 Å². The van der Waals surface area contributed by atoms with Crippen LogP contribution in [0.4, 0.5) is 5.82 Å². The SMILES string of the molecule is COc1ccc(S(=O)(=O)N2CCN(c3nc(-c4ccccn4)nc(C)c3C)CC2)cc1. The van der Waals surface area contributed by atoms with Gasteiger partial charge < -0.3 is 9.64 Å². The minimum atomic E-state index is -3.55. The molecule has 9 heteroatoms. The van der Waals surface area contributed by atoms with Gasteiger partial charge in [-0.1, -0.05) is 6.07 Å². The number of sulfonamides is 1. The second-order valence-corrected chi connectivity index (χ2v) is 9.30. The van der Waals surface area contributed by atoms with Crippen molar-refractivity contribution >= 4 is 15.8 Å². The number of benzene rings is 1. The Kier molecular flexibility index (Phi) is 5.88. The van der Waals surface area contributed by atoms with E-state index in [1.54, 1.807) is 37.6 Å². The molecule has 0 aliphatic carbocycles. The van der Waals surface area contributed by atoms with Crippen LogP contribution in [0.5, 0.6) is 5.75 Å². The molecule has 0 unspecified atom stereocenters. The predicted octanol–water partition coefficient (Wildman–Crippen LogP) is 2.67. The molecule has 31 heavy (non-hydrogen) atoms. The van der Waals surface area contributed by atoms with Crippen LogP contribution < -0.4 is 9.64 Å². The number of nitrogens with zero attached hydrogens (tertiary/aromatic N) is 5. The average Bonchev–Trinajstić information content (AvgIpc) is 2.81. The Morgan fingerprint density at radius 2 is 1.65 bits per heavy atom. The third-order valence-electron chi connectivity index (χ3n) is 5.49. The van der Waals surface area contributed by atoms with E-state index in [0.717, 1.165) is 17.1 Å². The van der Waals surface area contributed by atoms with Crippen molar-refractivity contribution in [1.29, 1.82) is 0 Å². The van der Waals surface area contributed by atoms with E-state index in [1.807, 2.05) is 32.0 Å². The fourth-order valence-corrected chi connectivity index (χ4v) is 4.99. The van der Waals surface area contributed by atoms with E-state index in [0.29, 0.717) is 43.4 Å². The highest BCUT2D eigenvalue weighted by Crippen LogP contribution is 2.26. The fourth-order valence-electron chi connectivity index (χ4n) is 3.57. The summed E-state index contributed by atoms with van der Waals surface area (Å²) in [6, 6.07) is 12.1. The van der Waals surface area contributed by atoms with Gasteiger partial charge in [0.1, 0.15) is 17.3 Å². The van der Waals surface area contributed by atoms with Gasteiger partial charge in [0.25, 0.3) is 0 Å². The van der Waals surface area contributed by atoms with Gasteiger partial charge in [-0.25, -0.2) is 18.4 Å². The van der Waals surface area contributed by atoms with E-state index in [-0.39, 0.29) is 4.90 Å². The summed E-state index contributed by atoms with van der Waals surface area (Å²) < 4.78 is 32.7. The lowest BCUT2D eigenvalue weighted by Crippen LogP contribution is -2.49. The van der Waals surface area contributed by atoms with E-state index in [4.69, 9.17) is 9.72 Å². The van der Waals surface area contributed by atoms with Crippen molar-refractivity contribution in [3.8, 4) is 17.3 Å². The Balaban J connectivity index is 1.54. The molecule has 1 aliphatic heterocycles. The summed E-state index contributed by atoms with van der Waals surface area (Å²) in [5.74, 6) is 2.03. The lowest BCUT2D eigenvalue weighted by molar-refractivity contribution is 0.383. The Morgan fingerprint density at radius 3 is 2.26 bits per heavy atom. The van der Waals surface area contributed by atoms with Crippen LogP contribution in [0.25, 0.3) is 11.5 Å². The molecule has 1 saturated heterocycles. The number of hydrogen-bond acceptors (Lipinski definition) is 7. The molecule has 1 fully saturated rings. The zero-order valence-corrected chi connectivity index (χ0v) is 18.6. The zero-order valence-electron chi connectivity index (χ0n) is 17.8. The summed E-state index contributed by atoms with van der Waals surface area (Å²) >= 11 is 0. The van der Waals surface area contributed by atoms with Crippen molar-refractivity contribution in [3.63, 3.8) is 0 Å². The molecule has 0 spiro atoms. The van der Waals surface area contributed by atoms with Gasteiger partial charge in [0.2, 0.25) is 10.0 Å². The quantitative estimate of drug-likeness (QED) is 0.604. The number of ether oxygens (including phenoxy) is 1. The van der Waals surface area contributed by atoms with Crippen LogP contribution >= 0.6 is 0 Å². The fraction of sp³-hybridized carbons (Fsp3) is 0.318. The molecule has 1 aliphatic rings. The Bertz CT molecular complexity index is 1160. The molecule has 3 heterocycles. The number of methoxy groups -OCH3 is 1. The zero-order chi connectivity index (χ0) is 22.0. The standard InChI is InChI=1S/C22H25N5O3S/c1-16-17(2)24-21(20-6-4-5-11-23-20)25-22(16)26-12-14-27(15-13-26)31(28,29)19-9-7-18(30-3)8-10-19/h4-11H,12-15H2,1-3H3. The van der Waals surface area contributed by atoms with E-state index >= 15 is 0 Å². The molecule has 0 bridgehead atoms. The third-order valence-corrected chi connectivity index (χ3v) is 7.41. The molecule has 162 valence electrons. The van der Waals surface area contributed by atoms with Crippen molar-refractivity contribution in [3.05, 3.63) is 59.9 Å². The molecule has 8 nitrogen and oxygen atoms in total. The molecule has 0 atom stereocenters. The van der Waals surface area contributed by atoms with E-state index < -0.39 is 10.0 Å². The minimum Gasteiger partial charge on any atom is -0.497 e. The van der Waals surface area contributed by atoms with Gasteiger partial charge >= 0.3 is 0 Å². The molecule has 1 aromatic carbocycles. The summed E-state index contributed by atoms with van der Waals surface area (Å²) in [5.41, 5.74) is 2.60. The van der Waals surface area contributed by atoms with Gasteiger partial charge in [-0.3, -0.25) is 4.98 Å². The first-order chi connectivity index (χ1) is 14.9. The summed E-state index contributed by atoms with van der Waals surface area (Å²) in [4.78, 5) is 16.1. The van der Waals surface area contributed by atoms with Gasteiger partial charge in [-0.05, 0) is 50.2 Å². The van der Waals surface area contributed by atoms with Crippen LogP contribution in [-0.2, 0) is 10.0 Å². The van der Waals surface area contributed by atoms with Crippen LogP contribution in [0.15, 0.2) is 53.6 Å². The van der Waals surface area contributed by atoms with Crippen LogP contribution in [0.2, 0.25) is 0 Å². The Labute approximate surface area is 182 Å². The number of anilines is 1. The van der Waals surface area contributed by atoms with Gasteiger partial charge in [0, 0.05) is 43.6 Å². The van der Waals surface area contributed by atoms with Gasteiger partial charge in [0.05, 0.1) is 12.0 Å². The molecule has 0 amide bonds. The Hall–Kier alpha value is -3.04. The number of pyridine rings is 1. The molecule has 3 aromatic rings. The molecule has 0 saturated carbocycles. The Morgan fingerprint density at radius 1 is 0.935 bits per heavy atom. The highest BCUT2D eigenvalue weighted by Gasteiger charge is 2.30. The van der Waals surface area contributed by atoms with Crippen molar-refractivity contribution in [2.24, 2.45) is 0 Å². The van der Waals surface area contributed by atoms with Gasteiger partial charge in [-0.2, -0.15) is 4.31 Å². The van der Waals surface area contributed by atoms with Crippen LogP contribution in [-0.4, -0.2) is 61.0 Å². The maximum atomic E-state index is 13.0. The summed E-state index contributed by atoms with van der Waals surface area (Å²) in [7, 11) is -2.00. The van der Waals surface area contributed by atoms with Crippen molar-refractivity contribution in [2.75, 3.05) is 38.2 Å². The first kappa shape index (κ1) is 21.2. The van der Waals surface area contributed by atoms with E-state index in [9.17, 15) is 8.42 Å². The number of hydrogen-bond donors (Lipinski definition) is 0. The number of rotatable bonds is 5. The third kappa shape index (κ3) is 4.24. The van der Waals surface area contributed by atoms with E-state index in [2.05, 4.69) is 14.9 Å². The van der Waals surface area contributed by atoms with Crippen molar-refractivity contribution in [1.82, 2.24) is 19.3 Å². The maximum absolute atomic E-state index is 13.0. The average molecular weight is 440 g/mol. The molecule has 0 N–H and O–H groups in total. The topological polar surface area (TPSA) is 88.5 Å². The first-order valence-electron chi connectivity index (χ1n) is 10.1. The number of aromatic nitrogens is 3. The van der Waals surface area contributed by atoms with Crippen LogP contribution in [0.3, 0.4) is 0 Å². The van der Waals surface area contributed by atoms with Gasteiger partial charge in [-0.15, -0.1) is 0 Å². The van der Waals surface area contributed by atoms with Crippen molar-refractivity contribution in [2.45, 2.75) is 18.7 Å². The number of piperazine rings is 1. The minimum absolute atomic E-state index is 0.272. The normalized spacial score (nSPS) is 15.1. The highest BCUT2D eigenvalue weighted by molar-refractivity contribution is 7.89. The molecule has 0 radical (unpaired) electrons. The first-order valence-corrected chi connectivity index (χ1v) is 11.5. The van der Waals surface area contributed by atoms with E-state index in [1.165, 1.54) is 4.31 Å². The molecule has 4 rings (SSSR count). The molecular formula is C22H25N5O3S. The second-order valence-electron chi connectivity index (χ2n) is 7.36. The van der Waals surface area contributed by atoms with Crippen LogP contribution in [0, 0.1) is 13.8 Å². The molecule has 2 aromatic heterocycles. The maximum Gasteiger partial charge on any atom is 0.243 e. The second kappa shape index (κ2) is 8.60. The predicted molar refractivity (Wildman–Crippen MR) is 119 cm³/mol. The lowest BCUT2D eigenvalue weighted by Gasteiger charge is -2.35. The monoisotopic (exact) mass is 439 g/mol. The largest absolute Gasteiger partial charge is 0.497 e. The smallest absolute Gasteiger partial charge is 0.243 e. The molecular weight excluding hydrogens is 414 g/mol. The lowest BCUT2D eigenvalue weighted by atomic mass is 10.2. The summed E-state index contributed by atoms with van der Waals surface area (Å²) in [6.07, 6.45) is 1.72. The van der Waals surface area contributed by atoms with Crippen LogP contribution in [0.1, 0.15) is 11.3 Å². The summed E-state index contributed by atoms with van der Waals surface area (Å²) in [6.45, 7) is 5.82. The van der Waals surface area contributed by atoms with Gasteiger partial charge in [0.15, 0.2) is 5.82 Å². The highest BCUT2D eigenvalue weighted by atomic mass is 32.2. The summed E-state index contributed by atoms with van der Waals surface area (Å²) in [5, 5.41) is 0. The number of aryl methyl sites for hydroxylation is 1.